The highest BCUT2D eigenvalue weighted by molar-refractivity contribution is 7.99. The zero-order chi connectivity index (χ0) is 11.4. The van der Waals surface area contributed by atoms with Crippen LogP contribution in [0.5, 0.6) is 0 Å². The summed E-state index contributed by atoms with van der Waals surface area (Å²) in [6, 6.07) is 0. The van der Waals surface area contributed by atoms with Crippen LogP contribution < -0.4 is 0 Å². The van der Waals surface area contributed by atoms with Gasteiger partial charge in [0, 0.05) is 30.6 Å². The Morgan fingerprint density at radius 1 is 1.38 bits per heavy atom. The monoisotopic (exact) mass is 243 g/mol. The Labute approximate surface area is 104 Å². The first-order chi connectivity index (χ1) is 7.74. The van der Waals surface area contributed by atoms with Gasteiger partial charge in [0.2, 0.25) is 0 Å². The maximum absolute atomic E-state index is 10.1. The predicted molar refractivity (Wildman–Crippen MR) is 70.9 cm³/mol. The second-order valence-corrected chi connectivity index (χ2v) is 7.03. The van der Waals surface area contributed by atoms with Gasteiger partial charge in [-0.25, -0.2) is 0 Å². The fraction of sp³-hybridized carbons (Fsp3) is 1.00. The van der Waals surface area contributed by atoms with Gasteiger partial charge in [-0.3, -0.25) is 4.90 Å². The summed E-state index contributed by atoms with van der Waals surface area (Å²) in [7, 11) is 0. The van der Waals surface area contributed by atoms with Crippen molar-refractivity contribution in [3.63, 3.8) is 0 Å². The van der Waals surface area contributed by atoms with E-state index in [1.165, 1.54) is 31.4 Å². The molecule has 0 bridgehead atoms. The van der Waals surface area contributed by atoms with Crippen molar-refractivity contribution >= 4 is 11.8 Å². The molecule has 3 heteroatoms. The molecule has 2 atom stereocenters. The van der Waals surface area contributed by atoms with Crippen molar-refractivity contribution in [3.8, 4) is 0 Å². The Morgan fingerprint density at radius 2 is 2.12 bits per heavy atom. The van der Waals surface area contributed by atoms with Gasteiger partial charge in [0.15, 0.2) is 0 Å². The third-order valence-corrected chi connectivity index (χ3v) is 5.01. The summed E-state index contributed by atoms with van der Waals surface area (Å²) in [4.78, 5) is 2.45. The molecule has 16 heavy (non-hydrogen) atoms. The second-order valence-electron chi connectivity index (χ2n) is 5.48. The molecule has 0 aromatic carbocycles. The maximum Gasteiger partial charge on any atom is 0.0669 e. The lowest BCUT2D eigenvalue weighted by atomic mass is 10.00. The number of rotatable bonds is 4. The van der Waals surface area contributed by atoms with Gasteiger partial charge >= 0.3 is 0 Å². The highest BCUT2D eigenvalue weighted by Crippen LogP contribution is 2.29. The average Bonchev–Trinajstić information content (AvgIpc) is 2.70. The topological polar surface area (TPSA) is 23.5 Å². The smallest absolute Gasteiger partial charge is 0.0669 e. The Hall–Kier alpha value is 0.270. The van der Waals surface area contributed by atoms with Crippen molar-refractivity contribution in [1.29, 1.82) is 0 Å². The Morgan fingerprint density at radius 3 is 2.81 bits per heavy atom. The molecule has 2 unspecified atom stereocenters. The molecule has 1 saturated carbocycles. The zero-order valence-corrected chi connectivity index (χ0v) is 11.2. The van der Waals surface area contributed by atoms with Crippen molar-refractivity contribution in [2.45, 2.75) is 50.4 Å². The SMILES string of the molecule is CC1CN(CC(O)CC2CCCC2)CCS1. The molecule has 1 N–H and O–H groups in total. The summed E-state index contributed by atoms with van der Waals surface area (Å²) in [6.45, 7) is 5.52. The van der Waals surface area contributed by atoms with Crippen LogP contribution >= 0.6 is 11.8 Å². The van der Waals surface area contributed by atoms with Crippen LogP contribution in [0.2, 0.25) is 0 Å². The van der Waals surface area contributed by atoms with Crippen LogP contribution in [0.25, 0.3) is 0 Å². The fourth-order valence-electron chi connectivity index (χ4n) is 3.06. The lowest BCUT2D eigenvalue weighted by Gasteiger charge is -2.32. The van der Waals surface area contributed by atoms with E-state index in [4.69, 9.17) is 0 Å². The largest absolute Gasteiger partial charge is 0.392 e. The average molecular weight is 243 g/mol. The number of aliphatic hydroxyl groups excluding tert-OH is 1. The predicted octanol–water partition coefficient (Wildman–Crippen LogP) is 2.36. The van der Waals surface area contributed by atoms with E-state index in [1.807, 2.05) is 0 Å². The van der Waals surface area contributed by atoms with Gasteiger partial charge in [0.05, 0.1) is 6.10 Å². The second kappa shape index (κ2) is 6.27. The normalized spacial score (nSPS) is 30.8. The van der Waals surface area contributed by atoms with E-state index in [9.17, 15) is 5.11 Å². The van der Waals surface area contributed by atoms with E-state index in [0.29, 0.717) is 0 Å². The molecule has 1 saturated heterocycles. The Bertz CT molecular complexity index is 206. The molecule has 0 aromatic heterocycles. The van der Waals surface area contributed by atoms with Crippen LogP contribution in [0.15, 0.2) is 0 Å². The highest BCUT2D eigenvalue weighted by Gasteiger charge is 2.22. The molecule has 2 aliphatic rings. The molecule has 0 radical (unpaired) electrons. The van der Waals surface area contributed by atoms with E-state index in [0.717, 1.165) is 37.2 Å². The molecular formula is C13H25NOS. The quantitative estimate of drug-likeness (QED) is 0.820. The van der Waals surface area contributed by atoms with Crippen molar-refractivity contribution in [1.82, 2.24) is 4.90 Å². The number of β-amino-alcohol motifs (C(OH)–C–C–N with tert-alkyl or cyclic N) is 1. The summed E-state index contributed by atoms with van der Waals surface area (Å²) >= 11 is 2.06. The molecular weight excluding hydrogens is 218 g/mol. The lowest BCUT2D eigenvalue weighted by molar-refractivity contribution is 0.0931. The van der Waals surface area contributed by atoms with Gasteiger partial charge in [0.25, 0.3) is 0 Å². The van der Waals surface area contributed by atoms with E-state index >= 15 is 0 Å². The first-order valence-corrected chi connectivity index (χ1v) is 7.81. The molecule has 94 valence electrons. The minimum absolute atomic E-state index is 0.0848. The third kappa shape index (κ3) is 3.94. The van der Waals surface area contributed by atoms with Crippen molar-refractivity contribution in [2.75, 3.05) is 25.4 Å². The summed E-state index contributed by atoms with van der Waals surface area (Å²) in [5.41, 5.74) is 0. The van der Waals surface area contributed by atoms with E-state index in [-0.39, 0.29) is 6.10 Å². The first kappa shape index (κ1) is 12.7. The summed E-state index contributed by atoms with van der Waals surface area (Å²) in [5.74, 6) is 2.05. The Kier molecular flexibility index (Phi) is 4.98. The van der Waals surface area contributed by atoms with Gasteiger partial charge in [-0.15, -0.1) is 0 Å². The fourth-order valence-corrected chi connectivity index (χ4v) is 4.14. The van der Waals surface area contributed by atoms with Crippen LogP contribution in [-0.2, 0) is 0 Å². The number of hydrogen-bond acceptors (Lipinski definition) is 3. The third-order valence-electron chi connectivity index (χ3n) is 3.87. The van der Waals surface area contributed by atoms with Crippen LogP contribution in [0.4, 0.5) is 0 Å². The minimum Gasteiger partial charge on any atom is -0.392 e. The molecule has 1 aliphatic heterocycles. The molecule has 1 heterocycles. The number of hydrogen-bond donors (Lipinski definition) is 1. The summed E-state index contributed by atoms with van der Waals surface area (Å²) < 4.78 is 0. The first-order valence-electron chi connectivity index (χ1n) is 6.76. The maximum atomic E-state index is 10.1. The molecule has 0 aromatic rings. The Balaban J connectivity index is 1.67. The van der Waals surface area contributed by atoms with Gasteiger partial charge in [-0.1, -0.05) is 32.6 Å². The molecule has 2 fully saturated rings. The van der Waals surface area contributed by atoms with Gasteiger partial charge in [-0.05, 0) is 12.3 Å². The molecule has 0 amide bonds. The van der Waals surface area contributed by atoms with Gasteiger partial charge in [-0.2, -0.15) is 11.8 Å². The van der Waals surface area contributed by atoms with Crippen LogP contribution in [-0.4, -0.2) is 46.7 Å². The minimum atomic E-state index is -0.0848. The molecule has 2 nitrogen and oxygen atoms in total. The van der Waals surface area contributed by atoms with E-state index < -0.39 is 0 Å². The number of thioether (sulfide) groups is 1. The van der Waals surface area contributed by atoms with E-state index in [1.54, 1.807) is 0 Å². The zero-order valence-electron chi connectivity index (χ0n) is 10.4. The summed E-state index contributed by atoms with van der Waals surface area (Å²) in [6.07, 6.45) is 6.42. The molecule has 1 aliphatic carbocycles. The number of nitrogens with zero attached hydrogens (tertiary/aromatic N) is 1. The molecule has 2 rings (SSSR count). The van der Waals surface area contributed by atoms with Gasteiger partial charge in [0.1, 0.15) is 0 Å². The summed E-state index contributed by atoms with van der Waals surface area (Å²) in [5, 5.41) is 10.8. The van der Waals surface area contributed by atoms with Crippen LogP contribution in [0, 0.1) is 5.92 Å². The van der Waals surface area contributed by atoms with Gasteiger partial charge < -0.3 is 5.11 Å². The van der Waals surface area contributed by atoms with Crippen molar-refractivity contribution < 1.29 is 5.11 Å². The lowest BCUT2D eigenvalue weighted by Crippen LogP contribution is -2.41. The molecule has 0 spiro atoms. The van der Waals surface area contributed by atoms with Crippen LogP contribution in [0.3, 0.4) is 0 Å². The van der Waals surface area contributed by atoms with Crippen LogP contribution in [0.1, 0.15) is 39.0 Å². The standard InChI is InChI=1S/C13H25NOS/c1-11-9-14(6-7-16-11)10-13(15)8-12-4-2-3-5-12/h11-13,15H,2-10H2,1H3. The van der Waals surface area contributed by atoms with Crippen molar-refractivity contribution in [3.05, 3.63) is 0 Å². The van der Waals surface area contributed by atoms with E-state index in [2.05, 4.69) is 23.6 Å². The highest BCUT2D eigenvalue weighted by atomic mass is 32.2. The number of aliphatic hydroxyl groups is 1. The van der Waals surface area contributed by atoms with Crippen molar-refractivity contribution in [2.24, 2.45) is 5.92 Å².